The zero-order valence-corrected chi connectivity index (χ0v) is 4.37. The summed E-state index contributed by atoms with van der Waals surface area (Å²) in [5, 5.41) is 15.3. The van der Waals surface area contributed by atoms with E-state index in [1.807, 2.05) is 5.48 Å². The van der Waals surface area contributed by atoms with Gasteiger partial charge in [0, 0.05) is 7.05 Å². The molecule has 1 aromatic heterocycles. The third-order valence-electron chi connectivity index (χ3n) is 0.829. The van der Waals surface area contributed by atoms with E-state index < -0.39 is 0 Å². The molecule has 5 nitrogen and oxygen atoms in total. The predicted molar refractivity (Wildman–Crippen MR) is 26.4 cm³/mol. The molecule has 0 spiro atoms. The molecule has 0 aromatic carbocycles. The molecule has 8 heavy (non-hydrogen) atoms. The molecule has 1 rings (SSSR count). The smallest absolute Gasteiger partial charge is 0.168 e. The Bertz CT molecular complexity index is 172. The van der Waals surface area contributed by atoms with Crippen molar-refractivity contribution in [2.45, 2.75) is 0 Å². The fourth-order valence-corrected chi connectivity index (χ4v) is 0.391. The first-order chi connectivity index (χ1) is 3.84. The Morgan fingerprint density at radius 2 is 2.62 bits per heavy atom. The van der Waals surface area contributed by atoms with Gasteiger partial charge in [0.1, 0.15) is 0 Å². The fourth-order valence-electron chi connectivity index (χ4n) is 0.391. The van der Waals surface area contributed by atoms with Crippen LogP contribution < -0.4 is 5.48 Å². The van der Waals surface area contributed by atoms with Crippen LogP contribution >= 0.6 is 0 Å². The number of rotatable bonds is 1. The van der Waals surface area contributed by atoms with Gasteiger partial charge in [0.15, 0.2) is 5.82 Å². The zero-order chi connectivity index (χ0) is 5.98. The molecule has 0 radical (unpaired) electrons. The Hall–Kier alpha value is -1.10. The number of anilines is 1. The zero-order valence-electron chi connectivity index (χ0n) is 4.37. The minimum Gasteiger partial charge on any atom is -0.290 e. The van der Waals surface area contributed by atoms with Gasteiger partial charge in [-0.3, -0.25) is 10.7 Å². The van der Waals surface area contributed by atoms with Crippen molar-refractivity contribution in [1.29, 1.82) is 0 Å². The van der Waals surface area contributed by atoms with Crippen molar-refractivity contribution in [3.63, 3.8) is 0 Å². The maximum absolute atomic E-state index is 8.26. The lowest BCUT2D eigenvalue weighted by molar-refractivity contribution is 0.381. The van der Waals surface area contributed by atoms with Gasteiger partial charge in [-0.15, -0.1) is 5.10 Å². The van der Waals surface area contributed by atoms with E-state index >= 15 is 0 Å². The van der Waals surface area contributed by atoms with Crippen LogP contribution in [0.25, 0.3) is 0 Å². The van der Waals surface area contributed by atoms with Gasteiger partial charge in [0.2, 0.25) is 0 Å². The topological polar surface area (TPSA) is 63.0 Å². The number of hydrogen-bond donors (Lipinski definition) is 2. The van der Waals surface area contributed by atoms with E-state index in [2.05, 4.69) is 10.3 Å². The van der Waals surface area contributed by atoms with Gasteiger partial charge in [-0.1, -0.05) is 5.21 Å². The van der Waals surface area contributed by atoms with Gasteiger partial charge < -0.3 is 0 Å². The van der Waals surface area contributed by atoms with Crippen molar-refractivity contribution in [2.75, 3.05) is 5.48 Å². The van der Waals surface area contributed by atoms with Gasteiger partial charge in [-0.05, 0) is 0 Å². The Morgan fingerprint density at radius 1 is 1.88 bits per heavy atom. The molecule has 0 aliphatic rings. The van der Waals surface area contributed by atoms with Crippen LogP contribution in [-0.4, -0.2) is 20.2 Å². The van der Waals surface area contributed by atoms with Crippen molar-refractivity contribution < 1.29 is 5.21 Å². The molecule has 0 amide bonds. The minimum atomic E-state index is 0.477. The molecule has 44 valence electrons. The second kappa shape index (κ2) is 1.79. The summed E-state index contributed by atoms with van der Waals surface area (Å²) in [5.74, 6) is 0.477. The first-order valence-electron chi connectivity index (χ1n) is 2.09. The van der Waals surface area contributed by atoms with Gasteiger partial charge in [-0.25, -0.2) is 4.68 Å². The fraction of sp³-hybridized carbons (Fsp3) is 0.333. The van der Waals surface area contributed by atoms with Crippen molar-refractivity contribution in [3.05, 3.63) is 6.20 Å². The highest BCUT2D eigenvalue weighted by molar-refractivity contribution is 5.25. The number of aryl methyl sites for hydroxylation is 1. The van der Waals surface area contributed by atoms with Crippen LogP contribution in [0.1, 0.15) is 0 Å². The lowest BCUT2D eigenvalue weighted by atomic mass is 10.8. The largest absolute Gasteiger partial charge is 0.290 e. The normalized spacial score (nSPS) is 9.25. The second-order valence-corrected chi connectivity index (χ2v) is 1.35. The van der Waals surface area contributed by atoms with E-state index in [-0.39, 0.29) is 0 Å². The Kier molecular flexibility index (Phi) is 1.13. The summed E-state index contributed by atoms with van der Waals surface area (Å²) in [6, 6.07) is 0. The van der Waals surface area contributed by atoms with Crippen molar-refractivity contribution in [2.24, 2.45) is 7.05 Å². The van der Waals surface area contributed by atoms with Crippen LogP contribution in [0.5, 0.6) is 0 Å². The number of aromatic nitrogens is 3. The molecule has 2 N–H and O–H groups in total. The minimum absolute atomic E-state index is 0.477. The first-order valence-corrected chi connectivity index (χ1v) is 2.09. The summed E-state index contributed by atoms with van der Waals surface area (Å²) >= 11 is 0. The van der Waals surface area contributed by atoms with Crippen LogP contribution in [0.2, 0.25) is 0 Å². The third kappa shape index (κ3) is 0.627. The highest BCUT2D eigenvalue weighted by Crippen LogP contribution is 1.95. The molecule has 0 atom stereocenters. The highest BCUT2D eigenvalue weighted by Gasteiger charge is 1.92. The van der Waals surface area contributed by atoms with Crippen LogP contribution in [0, 0.1) is 0 Å². The van der Waals surface area contributed by atoms with E-state index in [0.717, 1.165) is 0 Å². The van der Waals surface area contributed by atoms with Crippen LogP contribution in [-0.2, 0) is 7.05 Å². The standard InChI is InChI=1S/C3H6N4O/c1-7-3(5-8)2-4-6-7/h2,5,8H,1H3. The average Bonchev–Trinajstić information content (AvgIpc) is 2.14. The summed E-state index contributed by atoms with van der Waals surface area (Å²) < 4.78 is 1.42. The molecular weight excluding hydrogens is 108 g/mol. The average molecular weight is 114 g/mol. The van der Waals surface area contributed by atoms with Gasteiger partial charge in [0.25, 0.3) is 0 Å². The molecule has 0 saturated carbocycles. The Labute approximate surface area is 45.9 Å². The van der Waals surface area contributed by atoms with Gasteiger partial charge in [0.05, 0.1) is 6.20 Å². The molecule has 1 aromatic rings. The summed E-state index contributed by atoms with van der Waals surface area (Å²) in [6.45, 7) is 0. The van der Waals surface area contributed by atoms with Crippen molar-refractivity contribution in [1.82, 2.24) is 15.0 Å². The van der Waals surface area contributed by atoms with Gasteiger partial charge >= 0.3 is 0 Å². The molecule has 0 fully saturated rings. The van der Waals surface area contributed by atoms with Crippen LogP contribution in [0.4, 0.5) is 5.82 Å². The Balaban J connectivity index is 2.92. The van der Waals surface area contributed by atoms with E-state index in [1.54, 1.807) is 7.05 Å². The van der Waals surface area contributed by atoms with Crippen molar-refractivity contribution in [3.8, 4) is 0 Å². The molecule has 1 heterocycles. The lowest BCUT2D eigenvalue weighted by Gasteiger charge is -1.92. The maximum Gasteiger partial charge on any atom is 0.168 e. The summed E-state index contributed by atoms with van der Waals surface area (Å²) in [5.41, 5.74) is 1.91. The molecular formula is C3H6N4O. The second-order valence-electron chi connectivity index (χ2n) is 1.35. The molecule has 0 aliphatic heterocycles. The monoisotopic (exact) mass is 114 g/mol. The van der Waals surface area contributed by atoms with E-state index in [9.17, 15) is 0 Å². The lowest BCUT2D eigenvalue weighted by Crippen LogP contribution is -1.98. The molecule has 0 saturated heterocycles. The Morgan fingerprint density at radius 3 is 2.88 bits per heavy atom. The maximum atomic E-state index is 8.26. The van der Waals surface area contributed by atoms with Crippen LogP contribution in [0.3, 0.4) is 0 Å². The first kappa shape index (κ1) is 5.04. The molecule has 0 aliphatic carbocycles. The summed E-state index contributed by atoms with van der Waals surface area (Å²) in [4.78, 5) is 0. The highest BCUT2D eigenvalue weighted by atomic mass is 16.5. The number of nitrogens with one attached hydrogen (secondary N) is 1. The predicted octanol–water partition coefficient (Wildman–Crippen LogP) is -0.384. The van der Waals surface area contributed by atoms with Crippen molar-refractivity contribution >= 4 is 5.82 Å². The SMILES string of the molecule is Cn1nncc1NO. The summed E-state index contributed by atoms with van der Waals surface area (Å²) in [6.07, 6.45) is 1.42. The van der Waals surface area contributed by atoms with Crippen LogP contribution in [0.15, 0.2) is 6.20 Å². The van der Waals surface area contributed by atoms with E-state index in [4.69, 9.17) is 5.21 Å². The number of hydrogen-bond acceptors (Lipinski definition) is 4. The van der Waals surface area contributed by atoms with E-state index in [1.165, 1.54) is 10.9 Å². The quantitative estimate of drug-likeness (QED) is 0.488. The third-order valence-corrected chi connectivity index (χ3v) is 0.829. The molecule has 0 unspecified atom stereocenters. The van der Waals surface area contributed by atoms with Gasteiger partial charge in [-0.2, -0.15) is 0 Å². The van der Waals surface area contributed by atoms with E-state index in [0.29, 0.717) is 5.82 Å². The molecule has 5 heteroatoms. The molecule has 0 bridgehead atoms. The summed E-state index contributed by atoms with van der Waals surface area (Å²) in [7, 11) is 1.67. The number of nitrogens with zero attached hydrogens (tertiary/aromatic N) is 3.